The summed E-state index contributed by atoms with van der Waals surface area (Å²) < 4.78 is 1.59. The Hall–Kier alpha value is -2.35. The maximum Gasteiger partial charge on any atom is 0.252 e. The normalized spacial score (nSPS) is 21.8. The first-order valence-electron chi connectivity index (χ1n) is 7.68. The molecule has 0 N–H and O–H groups in total. The maximum absolute atomic E-state index is 12.3. The summed E-state index contributed by atoms with van der Waals surface area (Å²) in [5, 5.41) is 9.12. The summed E-state index contributed by atoms with van der Waals surface area (Å²) in [4.78, 5) is 19.0. The number of aryl methyl sites for hydroxylation is 1. The first kappa shape index (κ1) is 14.6. The van der Waals surface area contributed by atoms with E-state index in [1.165, 1.54) is 6.42 Å². The third-order valence-electron chi connectivity index (χ3n) is 4.61. The molecule has 1 saturated heterocycles. The molecule has 0 radical (unpaired) electrons. The monoisotopic (exact) mass is 296 g/mol. The molecule has 0 amide bonds. The van der Waals surface area contributed by atoms with Crippen molar-refractivity contribution < 1.29 is 0 Å². The molecule has 0 bridgehead atoms. The van der Waals surface area contributed by atoms with E-state index in [0.29, 0.717) is 17.7 Å². The number of pyridine rings is 2. The first-order valence-corrected chi connectivity index (χ1v) is 7.68. The van der Waals surface area contributed by atoms with Crippen LogP contribution in [0, 0.1) is 17.2 Å². The predicted molar refractivity (Wildman–Crippen MR) is 86.9 cm³/mol. The van der Waals surface area contributed by atoms with E-state index in [4.69, 9.17) is 5.26 Å². The number of nitriles is 1. The van der Waals surface area contributed by atoms with Crippen LogP contribution in [0.5, 0.6) is 0 Å². The Morgan fingerprint density at radius 2 is 2.09 bits per heavy atom. The second-order valence-electron chi connectivity index (χ2n) is 6.29. The molecule has 1 aliphatic heterocycles. The molecule has 3 rings (SSSR count). The molecule has 5 nitrogen and oxygen atoms in total. The second-order valence-corrected chi connectivity index (χ2v) is 6.29. The Morgan fingerprint density at radius 3 is 2.82 bits per heavy atom. The van der Waals surface area contributed by atoms with Gasteiger partial charge in [0.05, 0.1) is 11.2 Å². The summed E-state index contributed by atoms with van der Waals surface area (Å²) in [6.07, 6.45) is 2.31. The van der Waals surface area contributed by atoms with E-state index >= 15 is 0 Å². The molecule has 3 heterocycles. The fraction of sp³-hybridized carbons (Fsp3) is 0.471. The number of rotatable bonds is 1. The average Bonchev–Trinajstić information content (AvgIpc) is 2.53. The van der Waals surface area contributed by atoms with E-state index in [1.54, 1.807) is 23.7 Å². The highest BCUT2D eigenvalue weighted by atomic mass is 16.1. The molecule has 2 atom stereocenters. The first-order chi connectivity index (χ1) is 10.5. The molecule has 2 unspecified atom stereocenters. The van der Waals surface area contributed by atoms with Crippen LogP contribution >= 0.6 is 0 Å². The molecule has 0 saturated carbocycles. The number of anilines is 1. The molecule has 0 aromatic carbocycles. The van der Waals surface area contributed by atoms with Gasteiger partial charge in [0.2, 0.25) is 0 Å². The number of aromatic nitrogens is 2. The van der Waals surface area contributed by atoms with Crippen LogP contribution in [-0.4, -0.2) is 22.1 Å². The van der Waals surface area contributed by atoms with Crippen molar-refractivity contribution in [1.82, 2.24) is 9.55 Å². The van der Waals surface area contributed by atoms with Gasteiger partial charge in [0, 0.05) is 25.7 Å². The van der Waals surface area contributed by atoms with Crippen molar-refractivity contribution in [1.29, 1.82) is 5.26 Å². The van der Waals surface area contributed by atoms with Crippen molar-refractivity contribution in [2.45, 2.75) is 32.7 Å². The van der Waals surface area contributed by atoms with Gasteiger partial charge in [-0.3, -0.25) is 4.79 Å². The van der Waals surface area contributed by atoms with E-state index in [1.807, 2.05) is 6.07 Å². The Kier molecular flexibility index (Phi) is 3.61. The van der Waals surface area contributed by atoms with Crippen LogP contribution in [0.25, 0.3) is 11.0 Å². The number of fused-ring (bicyclic) bond motifs is 1. The minimum Gasteiger partial charge on any atom is -0.367 e. The minimum absolute atomic E-state index is 0.0422. The highest BCUT2D eigenvalue weighted by molar-refractivity contribution is 5.88. The predicted octanol–water partition coefficient (Wildman–Crippen LogP) is 2.43. The lowest BCUT2D eigenvalue weighted by Gasteiger charge is -2.38. The van der Waals surface area contributed by atoms with E-state index in [0.717, 1.165) is 29.7 Å². The smallest absolute Gasteiger partial charge is 0.252 e. The fourth-order valence-corrected chi connectivity index (χ4v) is 3.22. The standard InChI is InChI=1S/C17H20N4O/c1-11-4-5-12(2)21(10-11)15-8-16(22)20(3)14-7-6-13(9-18)19-17(14)15/h6-8,11-12H,4-5,10H2,1-3H3. The third-order valence-corrected chi connectivity index (χ3v) is 4.61. The van der Waals surface area contributed by atoms with Gasteiger partial charge in [0.25, 0.3) is 5.56 Å². The van der Waals surface area contributed by atoms with Crippen molar-refractivity contribution in [2.24, 2.45) is 13.0 Å². The summed E-state index contributed by atoms with van der Waals surface area (Å²) in [5.41, 5.74) is 2.70. The fourth-order valence-electron chi connectivity index (χ4n) is 3.22. The maximum atomic E-state index is 12.3. The molecule has 22 heavy (non-hydrogen) atoms. The second kappa shape index (κ2) is 5.45. The van der Waals surface area contributed by atoms with Crippen LogP contribution in [0.3, 0.4) is 0 Å². The lowest BCUT2D eigenvalue weighted by molar-refractivity contribution is 0.391. The minimum atomic E-state index is -0.0422. The Morgan fingerprint density at radius 1 is 1.32 bits per heavy atom. The van der Waals surface area contributed by atoms with Crippen molar-refractivity contribution in [3.05, 3.63) is 34.2 Å². The van der Waals surface area contributed by atoms with Crippen LogP contribution in [-0.2, 0) is 7.05 Å². The summed E-state index contributed by atoms with van der Waals surface area (Å²) >= 11 is 0. The van der Waals surface area contributed by atoms with E-state index < -0.39 is 0 Å². The Bertz CT molecular complexity index is 818. The van der Waals surface area contributed by atoms with Crippen molar-refractivity contribution in [3.8, 4) is 6.07 Å². The van der Waals surface area contributed by atoms with Gasteiger partial charge < -0.3 is 9.47 Å². The largest absolute Gasteiger partial charge is 0.367 e. The molecule has 5 heteroatoms. The summed E-state index contributed by atoms with van der Waals surface area (Å²) in [6, 6.07) is 7.59. The van der Waals surface area contributed by atoms with Gasteiger partial charge in [-0.15, -0.1) is 0 Å². The SMILES string of the molecule is CC1CCC(C)N(c2cc(=O)n(C)c3ccc(C#N)nc23)C1. The van der Waals surface area contributed by atoms with Crippen LogP contribution in [0.1, 0.15) is 32.4 Å². The molecule has 1 fully saturated rings. The van der Waals surface area contributed by atoms with Crippen LogP contribution in [0.2, 0.25) is 0 Å². The molecular weight excluding hydrogens is 276 g/mol. The van der Waals surface area contributed by atoms with Gasteiger partial charge in [-0.25, -0.2) is 4.98 Å². The number of hydrogen-bond donors (Lipinski definition) is 0. The van der Waals surface area contributed by atoms with Gasteiger partial charge in [-0.05, 0) is 37.8 Å². The van der Waals surface area contributed by atoms with Gasteiger partial charge in [-0.1, -0.05) is 6.92 Å². The van der Waals surface area contributed by atoms with E-state index in [-0.39, 0.29) is 5.56 Å². The van der Waals surface area contributed by atoms with Crippen LogP contribution in [0.4, 0.5) is 5.69 Å². The topological polar surface area (TPSA) is 61.9 Å². The van der Waals surface area contributed by atoms with Crippen LogP contribution in [0.15, 0.2) is 23.0 Å². The molecular formula is C17H20N4O. The highest BCUT2D eigenvalue weighted by Crippen LogP contribution is 2.31. The number of piperidine rings is 1. The quantitative estimate of drug-likeness (QED) is 0.811. The lowest BCUT2D eigenvalue weighted by atomic mass is 9.94. The average molecular weight is 296 g/mol. The van der Waals surface area contributed by atoms with E-state index in [9.17, 15) is 4.79 Å². The van der Waals surface area contributed by atoms with Gasteiger partial charge in [0.1, 0.15) is 17.3 Å². The zero-order valence-corrected chi connectivity index (χ0v) is 13.2. The zero-order chi connectivity index (χ0) is 15.9. The summed E-state index contributed by atoms with van der Waals surface area (Å²) in [7, 11) is 1.74. The van der Waals surface area contributed by atoms with Crippen molar-refractivity contribution in [3.63, 3.8) is 0 Å². The highest BCUT2D eigenvalue weighted by Gasteiger charge is 2.25. The number of nitrogens with zero attached hydrogens (tertiary/aromatic N) is 4. The number of hydrogen-bond acceptors (Lipinski definition) is 4. The zero-order valence-electron chi connectivity index (χ0n) is 13.2. The van der Waals surface area contributed by atoms with Crippen LogP contribution < -0.4 is 10.5 Å². The summed E-state index contributed by atoms with van der Waals surface area (Å²) in [6.45, 7) is 5.33. The molecule has 1 aliphatic rings. The van der Waals surface area contributed by atoms with E-state index in [2.05, 4.69) is 29.8 Å². The molecule has 2 aromatic rings. The van der Waals surface area contributed by atoms with Crippen molar-refractivity contribution in [2.75, 3.05) is 11.4 Å². The Labute approximate surface area is 129 Å². The Balaban J connectivity index is 2.26. The van der Waals surface area contributed by atoms with Crippen molar-refractivity contribution >= 4 is 16.7 Å². The van der Waals surface area contributed by atoms with Gasteiger partial charge in [-0.2, -0.15) is 5.26 Å². The van der Waals surface area contributed by atoms with Gasteiger partial charge in [0.15, 0.2) is 0 Å². The molecule has 114 valence electrons. The molecule has 2 aromatic heterocycles. The third kappa shape index (κ3) is 2.35. The molecule has 0 spiro atoms. The summed E-state index contributed by atoms with van der Waals surface area (Å²) in [5.74, 6) is 0.592. The molecule has 0 aliphatic carbocycles. The van der Waals surface area contributed by atoms with Gasteiger partial charge >= 0.3 is 0 Å². The lowest BCUT2D eigenvalue weighted by Crippen LogP contribution is -2.42.